The van der Waals surface area contributed by atoms with Crippen LogP contribution in [0.5, 0.6) is 0 Å². The summed E-state index contributed by atoms with van der Waals surface area (Å²) in [5, 5.41) is 0. The highest BCUT2D eigenvalue weighted by molar-refractivity contribution is 5.37. The highest BCUT2D eigenvalue weighted by Crippen LogP contribution is 2.37. The van der Waals surface area contributed by atoms with Crippen LogP contribution in [-0.4, -0.2) is 5.54 Å². The largest absolute Gasteiger partial charge is 0.325 e. The summed E-state index contributed by atoms with van der Waals surface area (Å²) in [5.74, 6) is -0.0487. The van der Waals surface area contributed by atoms with E-state index in [0.29, 0.717) is 6.42 Å². The molecule has 15 heavy (non-hydrogen) atoms. The van der Waals surface area contributed by atoms with Gasteiger partial charge in [0.1, 0.15) is 5.82 Å². The number of benzene rings is 1. The lowest BCUT2D eigenvalue weighted by Crippen LogP contribution is -2.25. The molecule has 0 aromatic heterocycles. The van der Waals surface area contributed by atoms with Crippen molar-refractivity contribution in [3.8, 4) is 0 Å². The van der Waals surface area contributed by atoms with Crippen LogP contribution in [0.2, 0.25) is 0 Å². The predicted octanol–water partition coefficient (Wildman–Crippen LogP) is 2.35. The van der Waals surface area contributed by atoms with Gasteiger partial charge in [-0.25, -0.2) is 4.39 Å². The molecule has 0 radical (unpaired) electrons. The molecule has 1 aromatic carbocycles. The molecule has 1 nitrogen and oxygen atoms in total. The van der Waals surface area contributed by atoms with Gasteiger partial charge in [-0.1, -0.05) is 6.07 Å². The molecule has 1 aromatic rings. The maximum absolute atomic E-state index is 13.7. The number of fused-ring (bicyclic) bond motifs is 1. The van der Waals surface area contributed by atoms with Gasteiger partial charge in [0, 0.05) is 5.54 Å². The second-order valence-corrected chi connectivity index (χ2v) is 5.11. The van der Waals surface area contributed by atoms with E-state index >= 15 is 0 Å². The molecule has 0 unspecified atom stereocenters. The number of rotatable bonds is 2. The van der Waals surface area contributed by atoms with E-state index in [1.807, 2.05) is 6.07 Å². The summed E-state index contributed by atoms with van der Waals surface area (Å²) in [5.41, 5.74) is 9.32. The van der Waals surface area contributed by atoms with E-state index in [9.17, 15) is 4.39 Å². The van der Waals surface area contributed by atoms with E-state index in [1.165, 1.54) is 17.5 Å². The molecule has 2 aliphatic carbocycles. The van der Waals surface area contributed by atoms with Gasteiger partial charge < -0.3 is 5.73 Å². The lowest BCUT2D eigenvalue weighted by Gasteiger charge is -2.11. The summed E-state index contributed by atoms with van der Waals surface area (Å²) in [4.78, 5) is 0. The Labute approximate surface area is 89.5 Å². The topological polar surface area (TPSA) is 26.0 Å². The monoisotopic (exact) mass is 205 g/mol. The first-order valence-electron chi connectivity index (χ1n) is 5.75. The fraction of sp³-hybridized carbons (Fsp3) is 0.538. The van der Waals surface area contributed by atoms with Crippen molar-refractivity contribution in [3.63, 3.8) is 0 Å². The Bertz CT molecular complexity index is 407. The molecule has 2 aliphatic rings. The smallest absolute Gasteiger partial charge is 0.126 e. The summed E-state index contributed by atoms with van der Waals surface area (Å²) < 4.78 is 13.7. The maximum Gasteiger partial charge on any atom is 0.126 e. The minimum atomic E-state index is -0.0896. The van der Waals surface area contributed by atoms with Crippen molar-refractivity contribution in [2.75, 3.05) is 0 Å². The normalized spacial score (nSPS) is 21.5. The Morgan fingerprint density at radius 1 is 1.20 bits per heavy atom. The van der Waals surface area contributed by atoms with Crippen LogP contribution in [0.25, 0.3) is 0 Å². The van der Waals surface area contributed by atoms with E-state index in [-0.39, 0.29) is 11.4 Å². The van der Waals surface area contributed by atoms with Gasteiger partial charge in [0.25, 0.3) is 0 Å². The molecule has 0 aliphatic heterocycles. The lowest BCUT2D eigenvalue weighted by atomic mass is 9.99. The van der Waals surface area contributed by atoms with Gasteiger partial charge in [-0.2, -0.15) is 0 Å². The number of hydrogen-bond acceptors (Lipinski definition) is 1. The Balaban J connectivity index is 1.94. The standard InChI is InChI=1S/C13H16FN/c14-12-7-10-3-1-2-9(10)6-11(12)8-13(15)4-5-13/h6-7H,1-5,8,15H2. The number of aryl methyl sites for hydroxylation is 2. The van der Waals surface area contributed by atoms with Crippen LogP contribution < -0.4 is 5.73 Å². The first kappa shape index (κ1) is 9.34. The van der Waals surface area contributed by atoms with Crippen LogP contribution in [0.15, 0.2) is 12.1 Å². The highest BCUT2D eigenvalue weighted by atomic mass is 19.1. The molecule has 3 rings (SSSR count). The Morgan fingerprint density at radius 3 is 2.53 bits per heavy atom. The van der Waals surface area contributed by atoms with Gasteiger partial charge in [-0.15, -0.1) is 0 Å². The summed E-state index contributed by atoms with van der Waals surface area (Å²) in [6.07, 6.45) is 6.13. The van der Waals surface area contributed by atoms with Crippen LogP contribution in [0, 0.1) is 5.82 Å². The zero-order chi connectivity index (χ0) is 10.5. The van der Waals surface area contributed by atoms with Gasteiger partial charge in [0.05, 0.1) is 0 Å². The molecule has 0 saturated heterocycles. The molecule has 0 atom stereocenters. The molecule has 0 bridgehead atoms. The highest BCUT2D eigenvalue weighted by Gasteiger charge is 2.38. The molecule has 2 N–H and O–H groups in total. The fourth-order valence-electron chi connectivity index (χ4n) is 2.50. The van der Waals surface area contributed by atoms with E-state index in [1.54, 1.807) is 6.07 Å². The van der Waals surface area contributed by atoms with E-state index in [4.69, 9.17) is 5.73 Å². The molecule has 0 spiro atoms. The third-order valence-corrected chi connectivity index (χ3v) is 3.70. The van der Waals surface area contributed by atoms with E-state index < -0.39 is 0 Å². The minimum absolute atomic E-state index is 0.0487. The van der Waals surface area contributed by atoms with Gasteiger partial charge >= 0.3 is 0 Å². The number of halogens is 1. The second-order valence-electron chi connectivity index (χ2n) is 5.11. The van der Waals surface area contributed by atoms with Gasteiger partial charge in [0.15, 0.2) is 0 Å². The van der Waals surface area contributed by atoms with Gasteiger partial charge in [-0.3, -0.25) is 0 Å². The predicted molar refractivity (Wildman–Crippen MR) is 58.3 cm³/mol. The Kier molecular flexibility index (Phi) is 1.90. The molecule has 0 amide bonds. The summed E-state index contributed by atoms with van der Waals surface area (Å²) in [7, 11) is 0. The zero-order valence-corrected chi connectivity index (χ0v) is 8.85. The molecule has 1 fully saturated rings. The van der Waals surface area contributed by atoms with Crippen molar-refractivity contribution < 1.29 is 4.39 Å². The van der Waals surface area contributed by atoms with Crippen molar-refractivity contribution in [3.05, 3.63) is 34.6 Å². The summed E-state index contributed by atoms with van der Waals surface area (Å²) >= 11 is 0. The molecule has 0 heterocycles. The third kappa shape index (κ3) is 1.67. The quantitative estimate of drug-likeness (QED) is 0.788. The lowest BCUT2D eigenvalue weighted by molar-refractivity contribution is 0.581. The average Bonchev–Trinajstić information content (AvgIpc) is 2.74. The third-order valence-electron chi connectivity index (χ3n) is 3.70. The number of nitrogens with two attached hydrogens (primary N) is 1. The van der Waals surface area contributed by atoms with Crippen LogP contribution in [0.4, 0.5) is 4.39 Å². The maximum atomic E-state index is 13.7. The first-order valence-corrected chi connectivity index (χ1v) is 5.75. The van der Waals surface area contributed by atoms with E-state index in [0.717, 1.165) is 31.2 Å². The van der Waals surface area contributed by atoms with Gasteiger partial charge in [0.2, 0.25) is 0 Å². The minimum Gasteiger partial charge on any atom is -0.325 e. The summed E-state index contributed by atoms with van der Waals surface area (Å²) in [6.45, 7) is 0. The first-order chi connectivity index (χ1) is 7.16. The van der Waals surface area contributed by atoms with Gasteiger partial charge in [-0.05, 0) is 61.3 Å². The van der Waals surface area contributed by atoms with E-state index in [2.05, 4.69) is 0 Å². The van der Waals surface area contributed by atoms with Crippen molar-refractivity contribution >= 4 is 0 Å². The molecular formula is C13H16FN. The Hall–Kier alpha value is -0.890. The van der Waals surface area contributed by atoms with Crippen LogP contribution in [-0.2, 0) is 19.3 Å². The van der Waals surface area contributed by atoms with Crippen molar-refractivity contribution in [2.24, 2.45) is 5.73 Å². The molecule has 2 heteroatoms. The number of hydrogen-bond donors (Lipinski definition) is 1. The molecule has 1 saturated carbocycles. The summed E-state index contributed by atoms with van der Waals surface area (Å²) in [6, 6.07) is 3.77. The SMILES string of the molecule is NC1(Cc2cc3c(cc2F)CCC3)CC1. The average molecular weight is 205 g/mol. The molecular weight excluding hydrogens is 189 g/mol. The Morgan fingerprint density at radius 2 is 1.87 bits per heavy atom. The fourth-order valence-corrected chi connectivity index (χ4v) is 2.50. The molecule has 80 valence electrons. The zero-order valence-electron chi connectivity index (χ0n) is 8.85. The van der Waals surface area contributed by atoms with Crippen molar-refractivity contribution in [2.45, 2.75) is 44.1 Å². The van der Waals surface area contributed by atoms with Crippen LogP contribution in [0.1, 0.15) is 36.0 Å². The van der Waals surface area contributed by atoms with Crippen LogP contribution in [0.3, 0.4) is 0 Å². The second kappa shape index (κ2) is 3.05. The van der Waals surface area contributed by atoms with Crippen molar-refractivity contribution in [1.29, 1.82) is 0 Å². The van der Waals surface area contributed by atoms with Crippen molar-refractivity contribution in [1.82, 2.24) is 0 Å². The van der Waals surface area contributed by atoms with Crippen LogP contribution >= 0.6 is 0 Å².